The second-order valence-electron chi connectivity index (χ2n) is 4.62. The molecule has 0 aliphatic rings. The van der Waals surface area contributed by atoms with E-state index in [1.807, 2.05) is 0 Å². The van der Waals surface area contributed by atoms with Crippen LogP contribution in [0.3, 0.4) is 0 Å². The molecule has 0 spiro atoms. The summed E-state index contributed by atoms with van der Waals surface area (Å²) in [5.41, 5.74) is 10.6. The normalized spacial score (nSPS) is 10.6. The first-order valence-corrected chi connectivity index (χ1v) is 5.87. The van der Waals surface area contributed by atoms with E-state index in [4.69, 9.17) is 5.73 Å². The fourth-order valence-electron chi connectivity index (χ4n) is 2.28. The van der Waals surface area contributed by atoms with Gasteiger partial charge in [0.05, 0.1) is 6.54 Å². The van der Waals surface area contributed by atoms with E-state index < -0.39 is 5.91 Å². The highest BCUT2D eigenvalue weighted by Gasteiger charge is 2.11. The van der Waals surface area contributed by atoms with Gasteiger partial charge in [-0.05, 0) is 43.5 Å². The molecule has 1 aromatic carbocycles. The molecule has 94 valence electrons. The number of carbonyl (C=O) groups excluding carboxylic acids is 1. The molecule has 4 heteroatoms. The Bertz CT molecular complexity index is 576. The second-order valence-corrected chi connectivity index (χ2v) is 4.62. The molecule has 1 aromatic heterocycles. The van der Waals surface area contributed by atoms with Crippen molar-refractivity contribution in [2.24, 2.45) is 5.73 Å². The van der Waals surface area contributed by atoms with E-state index in [-0.39, 0.29) is 0 Å². The Balaban J connectivity index is 2.40. The molecule has 1 amide bonds. The summed E-state index contributed by atoms with van der Waals surface area (Å²) in [7, 11) is 0. The standard InChI is InChI=1S/C14H17N3O/c1-9-6-10(2)12(11(3)7-9)8-17-13(14(15)18)4-5-16-17/h4-7H,8H2,1-3H3,(H2,15,18). The molecule has 0 fully saturated rings. The molecule has 1 heterocycles. The minimum atomic E-state index is -0.449. The Morgan fingerprint density at radius 1 is 1.28 bits per heavy atom. The Kier molecular flexibility index (Phi) is 3.19. The van der Waals surface area contributed by atoms with Crippen LogP contribution < -0.4 is 5.73 Å². The van der Waals surface area contributed by atoms with Gasteiger partial charge < -0.3 is 5.73 Å². The average molecular weight is 243 g/mol. The number of hydrogen-bond acceptors (Lipinski definition) is 2. The zero-order valence-corrected chi connectivity index (χ0v) is 10.9. The van der Waals surface area contributed by atoms with Gasteiger partial charge >= 0.3 is 0 Å². The van der Waals surface area contributed by atoms with E-state index in [2.05, 4.69) is 38.0 Å². The zero-order valence-electron chi connectivity index (χ0n) is 10.9. The van der Waals surface area contributed by atoms with Crippen LogP contribution in [-0.2, 0) is 6.54 Å². The number of aryl methyl sites for hydroxylation is 3. The van der Waals surface area contributed by atoms with E-state index in [1.165, 1.54) is 22.3 Å². The number of hydrogen-bond donors (Lipinski definition) is 1. The molecule has 0 saturated carbocycles. The number of nitrogens with zero attached hydrogens (tertiary/aromatic N) is 2. The number of primary amides is 1. The Hall–Kier alpha value is -2.10. The molecule has 0 radical (unpaired) electrons. The van der Waals surface area contributed by atoms with Crippen molar-refractivity contribution in [3.63, 3.8) is 0 Å². The average Bonchev–Trinajstić information content (AvgIpc) is 2.71. The van der Waals surface area contributed by atoms with Crippen LogP contribution in [0.4, 0.5) is 0 Å². The van der Waals surface area contributed by atoms with Gasteiger partial charge in [-0.3, -0.25) is 9.48 Å². The molecule has 18 heavy (non-hydrogen) atoms. The largest absolute Gasteiger partial charge is 0.364 e. The molecular formula is C14H17N3O. The first-order chi connectivity index (χ1) is 8.49. The van der Waals surface area contributed by atoms with Gasteiger partial charge in [0.2, 0.25) is 0 Å². The summed E-state index contributed by atoms with van der Waals surface area (Å²) >= 11 is 0. The molecule has 2 aromatic rings. The lowest BCUT2D eigenvalue weighted by molar-refractivity contribution is 0.0990. The van der Waals surface area contributed by atoms with Crippen molar-refractivity contribution in [3.8, 4) is 0 Å². The molecule has 2 N–H and O–H groups in total. The summed E-state index contributed by atoms with van der Waals surface area (Å²) in [6, 6.07) is 5.91. The first kappa shape index (κ1) is 12.4. The molecule has 0 saturated heterocycles. The maximum Gasteiger partial charge on any atom is 0.266 e. The summed E-state index contributed by atoms with van der Waals surface area (Å²) in [5, 5.41) is 4.15. The highest BCUT2D eigenvalue weighted by molar-refractivity contribution is 5.90. The quantitative estimate of drug-likeness (QED) is 0.895. The predicted molar refractivity (Wildman–Crippen MR) is 70.5 cm³/mol. The number of rotatable bonds is 3. The highest BCUT2D eigenvalue weighted by atomic mass is 16.1. The van der Waals surface area contributed by atoms with Crippen molar-refractivity contribution in [2.75, 3.05) is 0 Å². The van der Waals surface area contributed by atoms with Gasteiger partial charge in [-0.25, -0.2) is 0 Å². The van der Waals surface area contributed by atoms with Crippen LogP contribution >= 0.6 is 0 Å². The van der Waals surface area contributed by atoms with Gasteiger partial charge in [0.1, 0.15) is 5.69 Å². The highest BCUT2D eigenvalue weighted by Crippen LogP contribution is 2.18. The fourth-order valence-corrected chi connectivity index (χ4v) is 2.28. The zero-order chi connectivity index (χ0) is 13.3. The lowest BCUT2D eigenvalue weighted by Crippen LogP contribution is -2.18. The van der Waals surface area contributed by atoms with Gasteiger partial charge in [0.25, 0.3) is 5.91 Å². The lowest BCUT2D eigenvalue weighted by Gasteiger charge is -2.12. The summed E-state index contributed by atoms with van der Waals surface area (Å²) in [5.74, 6) is -0.449. The SMILES string of the molecule is Cc1cc(C)c(Cn2nccc2C(N)=O)c(C)c1. The molecule has 0 atom stereocenters. The Morgan fingerprint density at radius 3 is 2.44 bits per heavy atom. The summed E-state index contributed by atoms with van der Waals surface area (Å²) < 4.78 is 1.65. The van der Waals surface area contributed by atoms with Gasteiger partial charge in [0.15, 0.2) is 0 Å². The smallest absolute Gasteiger partial charge is 0.266 e. The van der Waals surface area contributed by atoms with Crippen LogP contribution in [0.2, 0.25) is 0 Å². The third kappa shape index (κ3) is 2.27. The van der Waals surface area contributed by atoms with Gasteiger partial charge in [-0.2, -0.15) is 5.10 Å². The van der Waals surface area contributed by atoms with Gasteiger partial charge in [-0.1, -0.05) is 17.7 Å². The van der Waals surface area contributed by atoms with Gasteiger partial charge in [0, 0.05) is 6.20 Å². The summed E-state index contributed by atoms with van der Waals surface area (Å²) in [4.78, 5) is 11.3. The van der Waals surface area contributed by atoms with Crippen LogP contribution in [0.15, 0.2) is 24.4 Å². The monoisotopic (exact) mass is 243 g/mol. The molecule has 0 bridgehead atoms. The van der Waals surface area contributed by atoms with Crippen LogP contribution in [0.5, 0.6) is 0 Å². The topological polar surface area (TPSA) is 60.9 Å². The third-order valence-electron chi connectivity index (χ3n) is 3.12. The summed E-state index contributed by atoms with van der Waals surface area (Å²) in [6.45, 7) is 6.79. The predicted octanol–water partition coefficient (Wildman–Crippen LogP) is 1.96. The number of carbonyl (C=O) groups is 1. The first-order valence-electron chi connectivity index (χ1n) is 5.87. The van der Waals surface area contributed by atoms with Crippen LogP contribution in [0.1, 0.15) is 32.7 Å². The lowest BCUT2D eigenvalue weighted by atomic mass is 10.00. The number of benzene rings is 1. The maximum atomic E-state index is 11.3. The van der Waals surface area contributed by atoms with Crippen LogP contribution in [0.25, 0.3) is 0 Å². The second kappa shape index (κ2) is 4.64. The number of nitrogens with two attached hydrogens (primary N) is 1. The maximum absolute atomic E-state index is 11.3. The van der Waals surface area contributed by atoms with Crippen LogP contribution in [0, 0.1) is 20.8 Å². The molecule has 2 rings (SSSR count). The summed E-state index contributed by atoms with van der Waals surface area (Å²) in [6.07, 6.45) is 1.60. The van der Waals surface area contributed by atoms with Crippen molar-refractivity contribution < 1.29 is 4.79 Å². The van der Waals surface area contributed by atoms with Crippen molar-refractivity contribution in [1.82, 2.24) is 9.78 Å². The number of aromatic nitrogens is 2. The minimum absolute atomic E-state index is 0.439. The molecule has 0 aliphatic carbocycles. The van der Waals surface area contributed by atoms with E-state index in [0.717, 1.165) is 0 Å². The van der Waals surface area contributed by atoms with Crippen molar-refractivity contribution in [1.29, 1.82) is 0 Å². The van der Waals surface area contributed by atoms with Crippen LogP contribution in [-0.4, -0.2) is 15.7 Å². The molecular weight excluding hydrogens is 226 g/mol. The Labute approximate surface area is 106 Å². The van der Waals surface area contributed by atoms with E-state index in [1.54, 1.807) is 16.9 Å². The number of amides is 1. The van der Waals surface area contributed by atoms with Crippen molar-refractivity contribution in [2.45, 2.75) is 27.3 Å². The van der Waals surface area contributed by atoms with E-state index >= 15 is 0 Å². The third-order valence-corrected chi connectivity index (χ3v) is 3.12. The molecule has 0 aliphatic heterocycles. The van der Waals surface area contributed by atoms with E-state index in [0.29, 0.717) is 12.2 Å². The molecule has 0 unspecified atom stereocenters. The van der Waals surface area contributed by atoms with E-state index in [9.17, 15) is 4.79 Å². The van der Waals surface area contributed by atoms with Crippen molar-refractivity contribution >= 4 is 5.91 Å². The fraction of sp³-hybridized carbons (Fsp3) is 0.286. The van der Waals surface area contributed by atoms with Gasteiger partial charge in [-0.15, -0.1) is 0 Å². The minimum Gasteiger partial charge on any atom is -0.364 e. The Morgan fingerprint density at radius 2 is 1.89 bits per heavy atom. The van der Waals surface area contributed by atoms with Crippen molar-refractivity contribution in [3.05, 3.63) is 52.3 Å². The molecule has 4 nitrogen and oxygen atoms in total.